The van der Waals surface area contributed by atoms with Crippen LogP contribution in [0.5, 0.6) is 0 Å². The first-order valence-electron chi connectivity index (χ1n) is 11.4. The summed E-state index contributed by atoms with van der Waals surface area (Å²) in [7, 11) is 0. The van der Waals surface area contributed by atoms with Gasteiger partial charge in [0, 0.05) is 12.1 Å². The number of aliphatic hydroxyl groups is 1. The maximum Gasteiger partial charge on any atom is 0.335 e. The summed E-state index contributed by atoms with van der Waals surface area (Å²) < 4.78 is 13.5. The number of amides is 1. The molecule has 2 N–H and O–H groups in total. The first-order valence-corrected chi connectivity index (χ1v) is 11.4. The van der Waals surface area contributed by atoms with Crippen LogP contribution in [0.1, 0.15) is 59.4 Å². The van der Waals surface area contributed by atoms with Gasteiger partial charge >= 0.3 is 5.97 Å². The molecule has 6 nitrogen and oxygen atoms in total. The lowest BCUT2D eigenvalue weighted by Gasteiger charge is -2.26. The Labute approximate surface area is 208 Å². The van der Waals surface area contributed by atoms with Gasteiger partial charge in [-0.3, -0.25) is 9.59 Å². The Bertz CT molecular complexity index is 1350. The Morgan fingerprint density at radius 1 is 0.861 bits per heavy atom. The van der Waals surface area contributed by atoms with E-state index in [4.69, 9.17) is 5.11 Å². The minimum atomic E-state index is -1.07. The predicted octanol–water partition coefficient (Wildman–Crippen LogP) is 5.44. The van der Waals surface area contributed by atoms with Crippen LogP contribution >= 0.6 is 0 Å². The number of rotatable bonds is 5. The highest BCUT2D eigenvalue weighted by Crippen LogP contribution is 2.40. The molecule has 1 fully saturated rings. The molecule has 4 rings (SSSR count). The number of aliphatic hydroxyl groups excluding tert-OH is 1. The average molecular weight is 488 g/mol. The first-order chi connectivity index (χ1) is 17.0. The summed E-state index contributed by atoms with van der Waals surface area (Å²) in [6.07, 6.45) is 0. The van der Waals surface area contributed by atoms with Gasteiger partial charge < -0.3 is 15.1 Å². The summed E-state index contributed by atoms with van der Waals surface area (Å²) in [6.45, 7) is 6.24. The minimum Gasteiger partial charge on any atom is -0.507 e. The number of carbonyl (C=O) groups excluding carboxylic acids is 2. The molecule has 184 valence electrons. The number of carboxylic acids is 1. The summed E-state index contributed by atoms with van der Waals surface area (Å²) in [6, 6.07) is 17.7. The van der Waals surface area contributed by atoms with Crippen LogP contribution in [0.25, 0.3) is 5.76 Å². The van der Waals surface area contributed by atoms with Gasteiger partial charge in [-0.1, -0.05) is 57.2 Å². The van der Waals surface area contributed by atoms with E-state index in [0.29, 0.717) is 11.1 Å². The largest absolute Gasteiger partial charge is 0.507 e. The fourth-order valence-electron chi connectivity index (χ4n) is 4.27. The van der Waals surface area contributed by atoms with Crippen molar-refractivity contribution in [2.24, 2.45) is 0 Å². The quantitative estimate of drug-likeness (QED) is 0.284. The highest BCUT2D eigenvalue weighted by atomic mass is 19.1. The van der Waals surface area contributed by atoms with Gasteiger partial charge in [0.15, 0.2) is 0 Å². The third-order valence-corrected chi connectivity index (χ3v) is 6.30. The molecule has 0 radical (unpaired) electrons. The molecule has 3 aromatic rings. The van der Waals surface area contributed by atoms with E-state index in [2.05, 4.69) is 20.8 Å². The Hall–Kier alpha value is -4.26. The van der Waals surface area contributed by atoms with Crippen LogP contribution in [0.4, 0.5) is 4.39 Å². The number of aromatic carboxylic acids is 1. The summed E-state index contributed by atoms with van der Waals surface area (Å²) in [5, 5.41) is 20.3. The number of halogens is 1. The Morgan fingerprint density at radius 2 is 1.42 bits per heavy atom. The standard InChI is InChI=1S/C29H26FNO5/c1-29(2,3)21-12-8-18(9-13-21)24-23(25(32)19-10-14-22(30)15-11-19)26(33)27(34)31(24)16-17-4-6-20(7-5-17)28(35)36/h4-15,24,32H,16H2,1-3H3,(H,35,36)/b25-23+. The molecular formula is C29H26FNO5. The van der Waals surface area contributed by atoms with Crippen molar-refractivity contribution in [2.75, 3.05) is 0 Å². The number of hydrogen-bond acceptors (Lipinski definition) is 4. The predicted molar refractivity (Wildman–Crippen MR) is 133 cm³/mol. The molecule has 0 spiro atoms. The Balaban J connectivity index is 1.82. The summed E-state index contributed by atoms with van der Waals surface area (Å²) >= 11 is 0. The van der Waals surface area contributed by atoms with Crippen molar-refractivity contribution in [3.8, 4) is 0 Å². The molecule has 0 saturated carbocycles. The van der Waals surface area contributed by atoms with Crippen LogP contribution < -0.4 is 0 Å². The molecule has 0 aliphatic carbocycles. The van der Waals surface area contributed by atoms with E-state index in [-0.39, 0.29) is 34.4 Å². The van der Waals surface area contributed by atoms with E-state index in [1.165, 1.54) is 41.3 Å². The van der Waals surface area contributed by atoms with Crippen molar-refractivity contribution < 1.29 is 29.0 Å². The molecule has 1 atom stereocenters. The van der Waals surface area contributed by atoms with E-state index in [9.17, 15) is 23.9 Å². The maximum atomic E-state index is 13.5. The van der Waals surface area contributed by atoms with Gasteiger partial charge in [-0.05, 0) is 58.5 Å². The second-order valence-electron chi connectivity index (χ2n) is 9.81. The molecule has 0 aromatic heterocycles. The fourth-order valence-corrected chi connectivity index (χ4v) is 4.27. The fraction of sp³-hybridized carbons (Fsp3) is 0.207. The number of carbonyl (C=O) groups is 3. The minimum absolute atomic E-state index is 0.0242. The molecule has 3 aromatic carbocycles. The van der Waals surface area contributed by atoms with Crippen LogP contribution in [-0.4, -0.2) is 32.8 Å². The van der Waals surface area contributed by atoms with Gasteiger partial charge in [-0.15, -0.1) is 0 Å². The third-order valence-electron chi connectivity index (χ3n) is 6.30. The second-order valence-corrected chi connectivity index (χ2v) is 9.81. The lowest BCUT2D eigenvalue weighted by atomic mass is 9.85. The van der Waals surface area contributed by atoms with Crippen molar-refractivity contribution in [3.05, 3.63) is 112 Å². The zero-order valence-electron chi connectivity index (χ0n) is 20.2. The molecule has 1 unspecified atom stereocenters. The number of benzene rings is 3. The first kappa shape index (κ1) is 24.9. The van der Waals surface area contributed by atoms with Crippen LogP contribution in [0.2, 0.25) is 0 Å². The Morgan fingerprint density at radius 3 is 1.94 bits per heavy atom. The smallest absolute Gasteiger partial charge is 0.335 e. The highest BCUT2D eigenvalue weighted by Gasteiger charge is 2.46. The normalized spacial score (nSPS) is 17.4. The van der Waals surface area contributed by atoms with Gasteiger partial charge in [-0.2, -0.15) is 0 Å². The van der Waals surface area contributed by atoms with Crippen LogP contribution in [-0.2, 0) is 21.5 Å². The van der Waals surface area contributed by atoms with Gasteiger partial charge in [0.1, 0.15) is 11.6 Å². The van der Waals surface area contributed by atoms with Crippen molar-refractivity contribution >= 4 is 23.4 Å². The SMILES string of the molecule is CC(C)(C)c1ccc(C2/C(=C(\O)c3ccc(F)cc3)C(=O)C(=O)N2Cc2ccc(C(=O)O)cc2)cc1. The number of ketones is 1. The van der Waals surface area contributed by atoms with Crippen molar-refractivity contribution in [2.45, 2.75) is 38.8 Å². The molecular weight excluding hydrogens is 461 g/mol. The number of Topliss-reactive ketones (excluding diaryl/α,β-unsaturated/α-hetero) is 1. The van der Waals surface area contributed by atoms with E-state index < -0.39 is 29.5 Å². The molecule has 1 heterocycles. The molecule has 1 amide bonds. The third kappa shape index (κ3) is 4.77. The van der Waals surface area contributed by atoms with E-state index in [0.717, 1.165) is 5.56 Å². The lowest BCUT2D eigenvalue weighted by Crippen LogP contribution is -2.29. The number of likely N-dealkylation sites (tertiary alicyclic amines) is 1. The summed E-state index contributed by atoms with van der Waals surface area (Å²) in [5.41, 5.74) is 2.44. The molecule has 0 bridgehead atoms. The lowest BCUT2D eigenvalue weighted by molar-refractivity contribution is -0.140. The zero-order chi connectivity index (χ0) is 26.2. The summed E-state index contributed by atoms with van der Waals surface area (Å²) in [4.78, 5) is 38.9. The molecule has 7 heteroatoms. The Kier molecular flexibility index (Phi) is 6.50. The number of nitrogens with zero attached hydrogens (tertiary/aromatic N) is 1. The van der Waals surface area contributed by atoms with E-state index in [1.807, 2.05) is 24.3 Å². The molecule has 1 aliphatic heterocycles. The molecule has 1 aliphatic rings. The van der Waals surface area contributed by atoms with Gasteiger partial charge in [0.2, 0.25) is 0 Å². The maximum absolute atomic E-state index is 13.5. The van der Waals surface area contributed by atoms with Crippen LogP contribution in [0.3, 0.4) is 0 Å². The topological polar surface area (TPSA) is 94.9 Å². The van der Waals surface area contributed by atoms with E-state index in [1.54, 1.807) is 12.1 Å². The summed E-state index contributed by atoms with van der Waals surface area (Å²) in [5.74, 6) is -3.58. The van der Waals surface area contributed by atoms with Crippen LogP contribution in [0.15, 0.2) is 78.4 Å². The van der Waals surface area contributed by atoms with Gasteiger partial charge in [-0.25, -0.2) is 9.18 Å². The average Bonchev–Trinajstić information content (AvgIpc) is 3.09. The monoisotopic (exact) mass is 487 g/mol. The van der Waals surface area contributed by atoms with E-state index >= 15 is 0 Å². The highest BCUT2D eigenvalue weighted by molar-refractivity contribution is 6.46. The molecule has 36 heavy (non-hydrogen) atoms. The van der Waals surface area contributed by atoms with Gasteiger partial charge in [0.05, 0.1) is 17.2 Å². The van der Waals surface area contributed by atoms with Crippen LogP contribution in [0, 0.1) is 5.82 Å². The zero-order valence-corrected chi connectivity index (χ0v) is 20.2. The van der Waals surface area contributed by atoms with Gasteiger partial charge in [0.25, 0.3) is 11.7 Å². The number of hydrogen-bond donors (Lipinski definition) is 2. The number of carboxylic acid groups (broad SMARTS) is 1. The second kappa shape index (κ2) is 9.41. The van der Waals surface area contributed by atoms with Crippen molar-refractivity contribution in [1.82, 2.24) is 4.90 Å². The molecule has 1 saturated heterocycles. The van der Waals surface area contributed by atoms with Crippen molar-refractivity contribution in [1.29, 1.82) is 0 Å². The van der Waals surface area contributed by atoms with Crippen molar-refractivity contribution in [3.63, 3.8) is 0 Å².